The van der Waals surface area contributed by atoms with Crippen molar-refractivity contribution in [3.8, 4) is 0 Å². The lowest BCUT2D eigenvalue weighted by Gasteiger charge is -2.16. The Bertz CT molecular complexity index is 613. The van der Waals surface area contributed by atoms with Crippen LogP contribution in [-0.2, 0) is 0 Å². The van der Waals surface area contributed by atoms with Crippen molar-refractivity contribution in [1.29, 1.82) is 0 Å². The van der Waals surface area contributed by atoms with E-state index in [0.29, 0.717) is 5.69 Å². The van der Waals surface area contributed by atoms with E-state index in [1.165, 1.54) is 23.3 Å². The standard InChI is InChI=1S/C14H13NO4/c1-9-7-8-19-12(9)13(16)15(2)11-5-3-10(4-6-11)14(17)18/h3-8H,1-2H3,(H,17,18). The van der Waals surface area contributed by atoms with Crippen LogP contribution in [0.4, 0.5) is 5.69 Å². The maximum absolute atomic E-state index is 12.2. The quantitative estimate of drug-likeness (QED) is 0.919. The van der Waals surface area contributed by atoms with Crippen LogP contribution in [0.15, 0.2) is 41.0 Å². The highest BCUT2D eigenvalue weighted by Gasteiger charge is 2.18. The Hall–Kier alpha value is -2.56. The Balaban J connectivity index is 2.24. The second-order valence-corrected chi connectivity index (χ2v) is 4.15. The molecule has 0 bridgehead atoms. The summed E-state index contributed by atoms with van der Waals surface area (Å²) in [5.74, 6) is -0.988. The highest BCUT2D eigenvalue weighted by atomic mass is 16.4. The second kappa shape index (κ2) is 4.97. The number of anilines is 1. The number of furan rings is 1. The lowest BCUT2D eigenvalue weighted by molar-refractivity contribution is 0.0696. The van der Waals surface area contributed by atoms with E-state index in [0.717, 1.165) is 5.56 Å². The molecule has 0 fully saturated rings. The summed E-state index contributed by atoms with van der Waals surface area (Å²) in [7, 11) is 1.61. The summed E-state index contributed by atoms with van der Waals surface area (Å²) in [6, 6.07) is 7.79. The zero-order valence-corrected chi connectivity index (χ0v) is 10.6. The Morgan fingerprint density at radius 3 is 2.26 bits per heavy atom. The monoisotopic (exact) mass is 259 g/mol. The van der Waals surface area contributed by atoms with Gasteiger partial charge in [-0.05, 0) is 37.3 Å². The van der Waals surface area contributed by atoms with E-state index in [2.05, 4.69) is 0 Å². The zero-order chi connectivity index (χ0) is 14.0. The Kier molecular flexibility index (Phi) is 3.37. The number of hydrogen-bond donors (Lipinski definition) is 1. The van der Waals surface area contributed by atoms with Crippen LogP contribution < -0.4 is 4.90 Å². The van der Waals surface area contributed by atoms with Crippen LogP contribution in [0.5, 0.6) is 0 Å². The topological polar surface area (TPSA) is 70.8 Å². The van der Waals surface area contributed by atoms with Gasteiger partial charge in [0.1, 0.15) is 0 Å². The van der Waals surface area contributed by atoms with Gasteiger partial charge in [-0.2, -0.15) is 0 Å². The molecular weight excluding hydrogens is 246 g/mol. The second-order valence-electron chi connectivity index (χ2n) is 4.15. The smallest absolute Gasteiger partial charge is 0.335 e. The first-order chi connectivity index (χ1) is 9.00. The molecule has 19 heavy (non-hydrogen) atoms. The number of carbonyl (C=O) groups is 2. The average molecular weight is 259 g/mol. The lowest BCUT2D eigenvalue weighted by atomic mass is 10.2. The summed E-state index contributed by atoms with van der Waals surface area (Å²) in [6.07, 6.45) is 1.46. The molecule has 1 heterocycles. The van der Waals surface area contributed by atoms with Gasteiger partial charge in [0.05, 0.1) is 11.8 Å². The van der Waals surface area contributed by atoms with Gasteiger partial charge < -0.3 is 14.4 Å². The van der Waals surface area contributed by atoms with Crippen LogP contribution in [0.2, 0.25) is 0 Å². The minimum Gasteiger partial charge on any atom is -0.478 e. The van der Waals surface area contributed by atoms with Crippen molar-refractivity contribution in [1.82, 2.24) is 0 Å². The van der Waals surface area contributed by atoms with Crippen molar-refractivity contribution in [2.45, 2.75) is 6.92 Å². The van der Waals surface area contributed by atoms with E-state index in [1.54, 1.807) is 32.2 Å². The highest BCUT2D eigenvalue weighted by Crippen LogP contribution is 2.18. The van der Waals surface area contributed by atoms with Gasteiger partial charge in [0.15, 0.2) is 5.76 Å². The molecule has 0 aliphatic heterocycles. The molecule has 0 aliphatic carbocycles. The SMILES string of the molecule is Cc1ccoc1C(=O)N(C)c1ccc(C(=O)O)cc1. The van der Waals surface area contributed by atoms with Gasteiger partial charge in [0.25, 0.3) is 5.91 Å². The van der Waals surface area contributed by atoms with Gasteiger partial charge in [0, 0.05) is 18.3 Å². The normalized spacial score (nSPS) is 10.2. The van der Waals surface area contributed by atoms with Crippen LogP contribution in [0.3, 0.4) is 0 Å². The molecule has 1 aromatic carbocycles. The fraction of sp³-hybridized carbons (Fsp3) is 0.143. The van der Waals surface area contributed by atoms with Gasteiger partial charge in [-0.3, -0.25) is 4.79 Å². The van der Waals surface area contributed by atoms with Crippen LogP contribution in [0.1, 0.15) is 26.5 Å². The molecule has 0 aliphatic rings. The Labute approximate surface area is 110 Å². The fourth-order valence-electron chi connectivity index (χ4n) is 1.69. The number of rotatable bonds is 3. The van der Waals surface area contributed by atoms with E-state index in [-0.39, 0.29) is 17.2 Å². The van der Waals surface area contributed by atoms with Crippen molar-refractivity contribution < 1.29 is 19.1 Å². The molecule has 1 aromatic heterocycles. The number of carboxylic acids is 1. The molecule has 0 saturated carbocycles. The van der Waals surface area contributed by atoms with E-state index in [1.807, 2.05) is 0 Å². The van der Waals surface area contributed by atoms with Crippen LogP contribution >= 0.6 is 0 Å². The van der Waals surface area contributed by atoms with Gasteiger partial charge in [0.2, 0.25) is 0 Å². The number of carbonyl (C=O) groups excluding carboxylic acids is 1. The number of hydrogen-bond acceptors (Lipinski definition) is 3. The van der Waals surface area contributed by atoms with Gasteiger partial charge in [-0.1, -0.05) is 0 Å². The van der Waals surface area contributed by atoms with Crippen molar-refractivity contribution in [2.24, 2.45) is 0 Å². The molecule has 2 aromatic rings. The molecule has 0 radical (unpaired) electrons. The molecule has 1 amide bonds. The highest BCUT2D eigenvalue weighted by molar-refractivity contribution is 6.04. The van der Waals surface area contributed by atoms with Gasteiger partial charge >= 0.3 is 5.97 Å². The number of aryl methyl sites for hydroxylation is 1. The van der Waals surface area contributed by atoms with Gasteiger partial charge in [-0.15, -0.1) is 0 Å². The predicted molar refractivity (Wildman–Crippen MR) is 69.6 cm³/mol. The molecule has 0 saturated heterocycles. The first-order valence-corrected chi connectivity index (χ1v) is 5.66. The minimum absolute atomic E-state index is 0.179. The van der Waals surface area contributed by atoms with E-state index >= 15 is 0 Å². The molecular formula is C14H13NO4. The molecule has 2 rings (SSSR count). The molecule has 5 heteroatoms. The number of nitrogens with zero attached hydrogens (tertiary/aromatic N) is 1. The van der Waals surface area contributed by atoms with E-state index in [9.17, 15) is 9.59 Å². The van der Waals surface area contributed by atoms with E-state index < -0.39 is 5.97 Å². The maximum atomic E-state index is 12.2. The lowest BCUT2D eigenvalue weighted by Crippen LogP contribution is -2.26. The number of benzene rings is 1. The summed E-state index contributed by atoms with van der Waals surface area (Å²) < 4.78 is 5.15. The maximum Gasteiger partial charge on any atom is 0.335 e. The summed E-state index contributed by atoms with van der Waals surface area (Å²) in [5.41, 5.74) is 1.54. The van der Waals surface area contributed by atoms with Gasteiger partial charge in [-0.25, -0.2) is 4.79 Å². The van der Waals surface area contributed by atoms with Crippen LogP contribution in [0, 0.1) is 6.92 Å². The van der Waals surface area contributed by atoms with Crippen molar-refractivity contribution in [3.63, 3.8) is 0 Å². The third kappa shape index (κ3) is 2.49. The Morgan fingerprint density at radius 1 is 1.16 bits per heavy atom. The minimum atomic E-state index is -0.998. The third-order valence-electron chi connectivity index (χ3n) is 2.86. The first kappa shape index (κ1) is 12.9. The van der Waals surface area contributed by atoms with Crippen molar-refractivity contribution >= 4 is 17.6 Å². The fourth-order valence-corrected chi connectivity index (χ4v) is 1.69. The summed E-state index contributed by atoms with van der Waals surface area (Å²) in [4.78, 5) is 24.3. The number of aromatic carboxylic acids is 1. The van der Waals surface area contributed by atoms with Crippen molar-refractivity contribution in [2.75, 3.05) is 11.9 Å². The Morgan fingerprint density at radius 2 is 1.79 bits per heavy atom. The average Bonchev–Trinajstić information content (AvgIpc) is 2.83. The van der Waals surface area contributed by atoms with Crippen molar-refractivity contribution in [3.05, 3.63) is 53.5 Å². The molecule has 1 N–H and O–H groups in total. The summed E-state index contributed by atoms with van der Waals surface area (Å²) >= 11 is 0. The molecule has 0 spiro atoms. The van der Waals surface area contributed by atoms with Crippen LogP contribution in [-0.4, -0.2) is 24.0 Å². The summed E-state index contributed by atoms with van der Waals surface area (Å²) in [6.45, 7) is 1.79. The third-order valence-corrected chi connectivity index (χ3v) is 2.86. The first-order valence-electron chi connectivity index (χ1n) is 5.66. The molecule has 0 unspecified atom stereocenters. The summed E-state index contributed by atoms with van der Waals surface area (Å²) in [5, 5.41) is 8.81. The van der Waals surface area contributed by atoms with Crippen LogP contribution in [0.25, 0.3) is 0 Å². The largest absolute Gasteiger partial charge is 0.478 e. The number of carboxylic acid groups (broad SMARTS) is 1. The molecule has 0 atom stereocenters. The van der Waals surface area contributed by atoms with E-state index in [4.69, 9.17) is 9.52 Å². The number of amides is 1. The predicted octanol–water partition coefficient (Wildman–Crippen LogP) is 2.56. The molecule has 98 valence electrons. The zero-order valence-electron chi connectivity index (χ0n) is 10.6. The molecule has 5 nitrogen and oxygen atoms in total.